The molecular weight excluding hydrogens is 276 g/mol. The molecule has 1 aliphatic rings. The van der Waals surface area contributed by atoms with Gasteiger partial charge in [-0.15, -0.1) is 0 Å². The summed E-state index contributed by atoms with van der Waals surface area (Å²) in [6.45, 7) is 1.67. The number of benzene rings is 1. The Hall–Kier alpha value is -2.41. The minimum atomic E-state index is -1.07. The number of carbonyl (C=O) groups excluding carboxylic acids is 2. The van der Waals surface area contributed by atoms with Crippen LogP contribution in [0.1, 0.15) is 28.8 Å². The van der Waals surface area contributed by atoms with E-state index >= 15 is 0 Å². The molecule has 2 rings (SSSR count). The first-order chi connectivity index (χ1) is 9.90. The van der Waals surface area contributed by atoms with Crippen molar-refractivity contribution in [2.75, 3.05) is 5.32 Å². The number of rotatable bonds is 4. The molecular formula is C14H16N2O5. The molecule has 7 heteroatoms. The molecule has 1 saturated heterocycles. The lowest BCUT2D eigenvalue weighted by Gasteiger charge is -2.14. The van der Waals surface area contributed by atoms with Crippen molar-refractivity contribution in [3.05, 3.63) is 29.3 Å². The number of ether oxygens (including phenoxy) is 1. The summed E-state index contributed by atoms with van der Waals surface area (Å²) in [4.78, 5) is 34.1. The van der Waals surface area contributed by atoms with Crippen molar-refractivity contribution in [3.63, 3.8) is 0 Å². The van der Waals surface area contributed by atoms with E-state index in [2.05, 4.69) is 5.32 Å². The maximum absolute atomic E-state index is 12.1. The zero-order chi connectivity index (χ0) is 15.6. The molecule has 0 bridgehead atoms. The lowest BCUT2D eigenvalue weighted by molar-refractivity contribution is -0.150. The first-order valence-corrected chi connectivity index (χ1v) is 6.48. The van der Waals surface area contributed by atoms with Gasteiger partial charge in [0.15, 0.2) is 6.10 Å². The Morgan fingerprint density at radius 1 is 1.29 bits per heavy atom. The average molecular weight is 292 g/mol. The predicted molar refractivity (Wildman–Crippen MR) is 73.9 cm³/mol. The van der Waals surface area contributed by atoms with E-state index in [9.17, 15) is 14.4 Å². The van der Waals surface area contributed by atoms with Gasteiger partial charge in [0.1, 0.15) is 6.10 Å². The van der Waals surface area contributed by atoms with Crippen molar-refractivity contribution in [1.82, 2.24) is 0 Å². The van der Waals surface area contributed by atoms with Crippen molar-refractivity contribution in [1.29, 1.82) is 0 Å². The van der Waals surface area contributed by atoms with Crippen LogP contribution in [0.25, 0.3) is 0 Å². The number of amides is 2. The van der Waals surface area contributed by atoms with Gasteiger partial charge < -0.3 is 20.9 Å². The number of hydrogen-bond acceptors (Lipinski definition) is 4. The SMILES string of the molecule is Cc1c(NC(=O)C2CCC(C(=O)O)O2)cccc1C(N)=O. The number of anilines is 1. The lowest BCUT2D eigenvalue weighted by atomic mass is 10.1. The molecule has 0 aromatic heterocycles. The van der Waals surface area contributed by atoms with Crippen molar-refractivity contribution in [3.8, 4) is 0 Å². The summed E-state index contributed by atoms with van der Waals surface area (Å²) < 4.78 is 5.17. The molecule has 0 aliphatic carbocycles. The fraction of sp³-hybridized carbons (Fsp3) is 0.357. The molecule has 1 aromatic carbocycles. The van der Waals surface area contributed by atoms with Gasteiger partial charge in [-0.3, -0.25) is 9.59 Å². The zero-order valence-corrected chi connectivity index (χ0v) is 11.5. The molecule has 0 spiro atoms. The van der Waals surface area contributed by atoms with E-state index in [1.807, 2.05) is 0 Å². The summed E-state index contributed by atoms with van der Waals surface area (Å²) in [5.74, 6) is -2.08. The highest BCUT2D eigenvalue weighted by Gasteiger charge is 2.34. The second-order valence-corrected chi connectivity index (χ2v) is 4.86. The molecule has 0 radical (unpaired) electrons. The van der Waals surface area contributed by atoms with Crippen molar-refractivity contribution < 1.29 is 24.2 Å². The standard InChI is InChI=1S/C14H16N2O5/c1-7-8(12(15)17)3-2-4-9(7)16-13(18)10-5-6-11(21-10)14(19)20/h2-4,10-11H,5-6H2,1H3,(H2,15,17)(H,16,18)(H,19,20). The molecule has 7 nitrogen and oxygen atoms in total. The van der Waals surface area contributed by atoms with E-state index in [1.165, 1.54) is 0 Å². The maximum atomic E-state index is 12.1. The number of carboxylic acids is 1. The van der Waals surface area contributed by atoms with Crippen molar-refractivity contribution >= 4 is 23.5 Å². The van der Waals surface area contributed by atoms with Crippen LogP contribution >= 0.6 is 0 Å². The molecule has 2 atom stereocenters. The summed E-state index contributed by atoms with van der Waals surface area (Å²) in [6.07, 6.45) is -1.10. The second kappa shape index (κ2) is 5.92. The fourth-order valence-corrected chi connectivity index (χ4v) is 2.26. The zero-order valence-electron chi connectivity index (χ0n) is 11.5. The predicted octanol–water partition coefficient (Wildman–Crippen LogP) is 0.665. The van der Waals surface area contributed by atoms with Crippen molar-refractivity contribution in [2.24, 2.45) is 5.73 Å². The highest BCUT2D eigenvalue weighted by Crippen LogP contribution is 2.23. The summed E-state index contributed by atoms with van der Waals surface area (Å²) in [7, 11) is 0. The second-order valence-electron chi connectivity index (χ2n) is 4.86. The molecule has 1 aliphatic heterocycles. The molecule has 1 aromatic rings. The Labute approximate surface area is 121 Å². The normalized spacial score (nSPS) is 21.0. The van der Waals surface area contributed by atoms with Crippen LogP contribution in [0.2, 0.25) is 0 Å². The smallest absolute Gasteiger partial charge is 0.332 e. The Morgan fingerprint density at radius 3 is 2.52 bits per heavy atom. The minimum Gasteiger partial charge on any atom is -0.479 e. The van der Waals surface area contributed by atoms with Crippen LogP contribution < -0.4 is 11.1 Å². The Balaban J connectivity index is 2.09. The highest BCUT2D eigenvalue weighted by atomic mass is 16.5. The highest BCUT2D eigenvalue weighted by molar-refractivity contribution is 5.99. The number of carboxylic acid groups (broad SMARTS) is 1. The number of carbonyl (C=O) groups is 3. The van der Waals surface area contributed by atoms with Gasteiger partial charge in [0.25, 0.3) is 5.91 Å². The average Bonchev–Trinajstić information content (AvgIpc) is 2.90. The van der Waals surface area contributed by atoms with Crippen LogP contribution in [0.3, 0.4) is 0 Å². The van der Waals surface area contributed by atoms with Crippen LogP contribution in [-0.2, 0) is 14.3 Å². The van der Waals surface area contributed by atoms with Gasteiger partial charge in [-0.1, -0.05) is 6.07 Å². The fourth-order valence-electron chi connectivity index (χ4n) is 2.26. The van der Waals surface area contributed by atoms with Gasteiger partial charge in [0.05, 0.1) is 0 Å². The van der Waals surface area contributed by atoms with E-state index in [4.69, 9.17) is 15.6 Å². The Morgan fingerprint density at radius 2 is 1.95 bits per heavy atom. The van der Waals surface area contributed by atoms with E-state index in [0.29, 0.717) is 29.7 Å². The molecule has 4 N–H and O–H groups in total. The molecule has 1 heterocycles. The van der Waals surface area contributed by atoms with Gasteiger partial charge in [-0.25, -0.2) is 4.79 Å². The first kappa shape index (κ1) is 15.0. The topological polar surface area (TPSA) is 119 Å². The number of hydrogen-bond donors (Lipinski definition) is 3. The van der Waals surface area contributed by atoms with Crippen LogP contribution in [0.4, 0.5) is 5.69 Å². The van der Waals surface area contributed by atoms with Gasteiger partial charge in [0.2, 0.25) is 5.91 Å². The van der Waals surface area contributed by atoms with Gasteiger partial charge in [0, 0.05) is 11.3 Å². The molecule has 112 valence electrons. The summed E-state index contributed by atoms with van der Waals surface area (Å²) in [5, 5.41) is 11.5. The van der Waals surface area contributed by atoms with E-state index in [1.54, 1.807) is 25.1 Å². The van der Waals surface area contributed by atoms with E-state index in [-0.39, 0.29) is 0 Å². The number of nitrogens with one attached hydrogen (secondary N) is 1. The number of nitrogens with two attached hydrogens (primary N) is 1. The summed E-state index contributed by atoms with van der Waals surface area (Å²) in [6, 6.07) is 4.82. The van der Waals surface area contributed by atoms with Gasteiger partial charge in [-0.2, -0.15) is 0 Å². The van der Waals surface area contributed by atoms with Gasteiger partial charge in [-0.05, 0) is 37.5 Å². The molecule has 0 saturated carbocycles. The molecule has 1 fully saturated rings. The van der Waals surface area contributed by atoms with Crippen LogP contribution in [0.5, 0.6) is 0 Å². The van der Waals surface area contributed by atoms with Crippen LogP contribution in [0.15, 0.2) is 18.2 Å². The quantitative estimate of drug-likeness (QED) is 0.753. The van der Waals surface area contributed by atoms with E-state index < -0.39 is 30.0 Å². The minimum absolute atomic E-state index is 0.299. The Kier molecular flexibility index (Phi) is 4.23. The first-order valence-electron chi connectivity index (χ1n) is 6.48. The monoisotopic (exact) mass is 292 g/mol. The van der Waals surface area contributed by atoms with Gasteiger partial charge >= 0.3 is 5.97 Å². The van der Waals surface area contributed by atoms with Crippen LogP contribution in [-0.4, -0.2) is 35.1 Å². The Bertz CT molecular complexity index is 599. The van der Waals surface area contributed by atoms with Crippen LogP contribution in [0, 0.1) is 6.92 Å². The lowest BCUT2D eigenvalue weighted by Crippen LogP contribution is -2.30. The molecule has 21 heavy (non-hydrogen) atoms. The maximum Gasteiger partial charge on any atom is 0.332 e. The third-order valence-corrected chi connectivity index (χ3v) is 3.44. The van der Waals surface area contributed by atoms with E-state index in [0.717, 1.165) is 0 Å². The number of primary amides is 1. The largest absolute Gasteiger partial charge is 0.479 e. The third-order valence-electron chi connectivity index (χ3n) is 3.44. The summed E-state index contributed by atoms with van der Waals surface area (Å²) in [5.41, 5.74) is 6.59. The molecule has 2 unspecified atom stereocenters. The third kappa shape index (κ3) is 3.19. The molecule has 2 amide bonds. The van der Waals surface area contributed by atoms with Crippen molar-refractivity contribution in [2.45, 2.75) is 32.0 Å². The summed E-state index contributed by atoms with van der Waals surface area (Å²) >= 11 is 0. The number of aliphatic carboxylic acids is 1.